The molecule has 1 aliphatic heterocycles. The van der Waals surface area contributed by atoms with Crippen molar-refractivity contribution in [3.8, 4) is 0 Å². The lowest BCUT2D eigenvalue weighted by atomic mass is 9.65. The van der Waals surface area contributed by atoms with Crippen LogP contribution >= 0.6 is 0 Å². The summed E-state index contributed by atoms with van der Waals surface area (Å²) in [7, 11) is 0. The predicted molar refractivity (Wildman–Crippen MR) is 61.6 cm³/mol. The number of fused-ring (bicyclic) bond motifs is 1. The van der Waals surface area contributed by atoms with Crippen molar-refractivity contribution in [2.45, 2.75) is 51.4 Å². The van der Waals surface area contributed by atoms with Crippen LogP contribution in [0.4, 0.5) is 0 Å². The minimum atomic E-state index is 0.0450. The summed E-state index contributed by atoms with van der Waals surface area (Å²) in [4.78, 5) is 12.1. The molecule has 0 amide bonds. The van der Waals surface area contributed by atoms with Crippen LogP contribution in [0.2, 0.25) is 0 Å². The van der Waals surface area contributed by atoms with Crippen molar-refractivity contribution >= 4 is 5.78 Å². The molecule has 0 unspecified atom stereocenters. The number of ketones is 1. The molecule has 2 aliphatic carbocycles. The number of carbonyl (C=O) groups excluding carboxylic acids is 1. The van der Waals surface area contributed by atoms with Crippen LogP contribution in [0.3, 0.4) is 0 Å². The fourth-order valence-corrected chi connectivity index (χ4v) is 3.42. The van der Waals surface area contributed by atoms with Crippen molar-refractivity contribution in [2.75, 3.05) is 0 Å². The molecule has 0 aromatic carbocycles. The molecule has 0 aromatic heterocycles. The number of hydrogen-bond acceptors (Lipinski definition) is 2. The predicted octanol–water partition coefficient (Wildman–Crippen LogP) is 3.49. The maximum Gasteiger partial charge on any atom is 0.163 e. The molecular weight excluding hydrogens is 200 g/mol. The van der Waals surface area contributed by atoms with Gasteiger partial charge in [-0.15, -0.1) is 0 Å². The molecule has 3 rings (SSSR count). The number of hydrogen-bond donors (Lipinski definition) is 0. The Labute approximate surface area is 96.4 Å². The average Bonchev–Trinajstić information content (AvgIpc) is 2.30. The molecule has 0 aromatic rings. The fraction of sp³-hybridized carbons (Fsp3) is 0.643. The molecule has 0 N–H and O–H groups in total. The minimum Gasteiger partial charge on any atom is -0.469 e. The zero-order valence-corrected chi connectivity index (χ0v) is 9.63. The first kappa shape index (κ1) is 10.1. The lowest BCUT2D eigenvalue weighted by Crippen LogP contribution is -2.33. The van der Waals surface area contributed by atoms with Gasteiger partial charge in [0.05, 0.1) is 6.26 Å². The van der Waals surface area contributed by atoms with Gasteiger partial charge in [-0.3, -0.25) is 4.79 Å². The molecule has 1 fully saturated rings. The summed E-state index contributed by atoms with van der Waals surface area (Å²) in [5.41, 5.74) is 1.07. The van der Waals surface area contributed by atoms with Crippen LogP contribution in [-0.4, -0.2) is 5.78 Å². The van der Waals surface area contributed by atoms with Crippen molar-refractivity contribution in [1.29, 1.82) is 0 Å². The van der Waals surface area contributed by atoms with E-state index in [1.54, 1.807) is 0 Å². The maximum absolute atomic E-state index is 12.1. The summed E-state index contributed by atoms with van der Waals surface area (Å²) in [6.07, 6.45) is 12.7. The largest absolute Gasteiger partial charge is 0.469 e. The van der Waals surface area contributed by atoms with E-state index in [2.05, 4.69) is 6.08 Å². The Morgan fingerprint density at radius 2 is 1.88 bits per heavy atom. The first-order chi connectivity index (χ1) is 7.82. The highest BCUT2D eigenvalue weighted by molar-refractivity contribution is 5.98. The van der Waals surface area contributed by atoms with Crippen LogP contribution in [0.25, 0.3) is 0 Å². The molecule has 1 saturated carbocycles. The molecule has 2 heteroatoms. The van der Waals surface area contributed by atoms with E-state index < -0.39 is 0 Å². The van der Waals surface area contributed by atoms with E-state index in [4.69, 9.17) is 4.74 Å². The summed E-state index contributed by atoms with van der Waals surface area (Å²) >= 11 is 0. The Morgan fingerprint density at radius 3 is 2.69 bits per heavy atom. The van der Waals surface area contributed by atoms with Crippen LogP contribution in [0.1, 0.15) is 51.4 Å². The molecule has 2 nitrogen and oxygen atoms in total. The molecule has 16 heavy (non-hydrogen) atoms. The monoisotopic (exact) mass is 218 g/mol. The summed E-state index contributed by atoms with van der Waals surface area (Å²) in [5, 5.41) is 0. The second-order valence-electron chi connectivity index (χ2n) is 5.21. The van der Waals surface area contributed by atoms with Gasteiger partial charge in [0.1, 0.15) is 5.76 Å². The van der Waals surface area contributed by atoms with Crippen molar-refractivity contribution in [2.24, 2.45) is 5.41 Å². The van der Waals surface area contributed by atoms with E-state index in [0.717, 1.165) is 43.4 Å². The van der Waals surface area contributed by atoms with Gasteiger partial charge in [0, 0.05) is 23.8 Å². The third-order valence-electron chi connectivity index (χ3n) is 4.21. The Bertz CT molecular complexity index is 370. The third kappa shape index (κ3) is 1.43. The van der Waals surface area contributed by atoms with Gasteiger partial charge < -0.3 is 4.74 Å². The number of allylic oxidation sites excluding steroid dienone is 3. The van der Waals surface area contributed by atoms with E-state index in [-0.39, 0.29) is 5.41 Å². The normalized spacial score (nSPS) is 27.9. The van der Waals surface area contributed by atoms with Gasteiger partial charge in [-0.1, -0.05) is 19.3 Å². The van der Waals surface area contributed by atoms with Gasteiger partial charge in [0.25, 0.3) is 0 Å². The second-order valence-corrected chi connectivity index (χ2v) is 5.21. The molecule has 1 heterocycles. The molecular formula is C14H18O2. The van der Waals surface area contributed by atoms with Crippen molar-refractivity contribution in [3.05, 3.63) is 23.7 Å². The topological polar surface area (TPSA) is 26.3 Å². The second kappa shape index (κ2) is 3.76. The van der Waals surface area contributed by atoms with Crippen LogP contribution in [0.15, 0.2) is 23.7 Å². The molecule has 1 spiro atoms. The molecule has 86 valence electrons. The fourth-order valence-electron chi connectivity index (χ4n) is 3.42. The minimum absolute atomic E-state index is 0.0450. The Morgan fingerprint density at radius 1 is 1.06 bits per heavy atom. The highest BCUT2D eigenvalue weighted by Crippen LogP contribution is 2.49. The number of carbonyl (C=O) groups is 1. The standard InChI is InChI=1S/C14H18O2/c15-11-5-4-6-12-13(11)14(9-10-16-12)7-2-1-3-8-14/h9-10H,1-8H2. The lowest BCUT2D eigenvalue weighted by Gasteiger charge is -2.40. The van der Waals surface area contributed by atoms with Gasteiger partial charge in [-0.25, -0.2) is 0 Å². The molecule has 0 atom stereocenters. The number of Topliss-reactive ketones (excluding diaryl/α,β-unsaturated/α-hetero) is 1. The summed E-state index contributed by atoms with van der Waals surface area (Å²) in [6.45, 7) is 0. The van der Waals surface area contributed by atoms with Crippen molar-refractivity contribution in [1.82, 2.24) is 0 Å². The average molecular weight is 218 g/mol. The highest BCUT2D eigenvalue weighted by atomic mass is 16.5. The Hall–Kier alpha value is -1.05. The van der Waals surface area contributed by atoms with Crippen molar-refractivity contribution in [3.63, 3.8) is 0 Å². The molecule has 0 saturated heterocycles. The number of ether oxygens (including phenoxy) is 1. The first-order valence-electron chi connectivity index (χ1n) is 6.43. The number of rotatable bonds is 0. The van der Waals surface area contributed by atoms with Crippen LogP contribution in [-0.2, 0) is 9.53 Å². The van der Waals surface area contributed by atoms with E-state index >= 15 is 0 Å². The Balaban J connectivity index is 2.03. The smallest absolute Gasteiger partial charge is 0.163 e. The zero-order valence-electron chi connectivity index (χ0n) is 9.63. The third-order valence-corrected chi connectivity index (χ3v) is 4.21. The van der Waals surface area contributed by atoms with E-state index in [1.807, 2.05) is 6.26 Å². The van der Waals surface area contributed by atoms with Crippen LogP contribution < -0.4 is 0 Å². The van der Waals surface area contributed by atoms with E-state index in [0.29, 0.717) is 5.78 Å². The van der Waals surface area contributed by atoms with Gasteiger partial charge in [-0.05, 0) is 25.3 Å². The quantitative estimate of drug-likeness (QED) is 0.622. The zero-order chi connectivity index (χ0) is 11.0. The molecule has 0 bridgehead atoms. The van der Waals surface area contributed by atoms with Gasteiger partial charge in [-0.2, -0.15) is 0 Å². The van der Waals surface area contributed by atoms with Gasteiger partial charge in [0.2, 0.25) is 0 Å². The van der Waals surface area contributed by atoms with Crippen molar-refractivity contribution < 1.29 is 9.53 Å². The van der Waals surface area contributed by atoms with Crippen LogP contribution in [0.5, 0.6) is 0 Å². The van der Waals surface area contributed by atoms with E-state index in [9.17, 15) is 4.79 Å². The summed E-state index contributed by atoms with van der Waals surface area (Å²) in [5.74, 6) is 1.31. The van der Waals surface area contributed by atoms with E-state index in [1.165, 1.54) is 19.3 Å². The first-order valence-corrected chi connectivity index (χ1v) is 6.43. The van der Waals surface area contributed by atoms with Gasteiger partial charge in [0.15, 0.2) is 5.78 Å². The summed E-state index contributed by atoms with van der Waals surface area (Å²) < 4.78 is 5.56. The maximum atomic E-state index is 12.1. The van der Waals surface area contributed by atoms with Crippen LogP contribution in [0, 0.1) is 5.41 Å². The lowest BCUT2D eigenvalue weighted by molar-refractivity contribution is -0.117. The highest BCUT2D eigenvalue weighted by Gasteiger charge is 2.42. The summed E-state index contributed by atoms with van der Waals surface area (Å²) in [6, 6.07) is 0. The SMILES string of the molecule is O=C1CCCC2=C1C1(C=CO2)CCCCC1. The molecule has 3 aliphatic rings. The van der Waals surface area contributed by atoms with Gasteiger partial charge >= 0.3 is 0 Å². The Kier molecular flexibility index (Phi) is 2.38. The molecule has 0 radical (unpaired) electrons.